The summed E-state index contributed by atoms with van der Waals surface area (Å²) in [4.78, 5) is 20.8. The molecule has 0 bridgehead atoms. The Morgan fingerprint density at radius 1 is 1.29 bits per heavy atom. The standard InChI is InChI=1S/C11H13NO3.C6H13NO2/c13-11(14)10-6-9(7-12-10)15-8-4-2-1-3-5-8;1-4(2)3-5(7)6(8)9/h1-5,9-10,12H,6-7H2,(H,13,14);4-5H,3,7H2,1-2H3,(H,8,9)/t9-,10+;5-/m10/s1. The number of carbonyl (C=O) groups is 2. The molecule has 24 heavy (non-hydrogen) atoms. The van der Waals surface area contributed by atoms with Crippen molar-refractivity contribution in [1.82, 2.24) is 5.32 Å². The Morgan fingerprint density at radius 2 is 1.92 bits per heavy atom. The third-order valence-corrected chi connectivity index (χ3v) is 3.48. The fraction of sp³-hybridized carbons (Fsp3) is 0.529. The molecule has 0 saturated carbocycles. The van der Waals surface area contributed by atoms with Gasteiger partial charge in [0.05, 0.1) is 0 Å². The molecule has 1 heterocycles. The molecule has 1 aromatic carbocycles. The summed E-state index contributed by atoms with van der Waals surface area (Å²) in [6.07, 6.45) is 1.02. The zero-order chi connectivity index (χ0) is 18.1. The molecule has 134 valence electrons. The van der Waals surface area contributed by atoms with Gasteiger partial charge in [-0.25, -0.2) is 0 Å². The molecule has 0 amide bonds. The molecule has 2 rings (SSSR count). The highest BCUT2D eigenvalue weighted by atomic mass is 16.5. The topological polar surface area (TPSA) is 122 Å². The summed E-state index contributed by atoms with van der Waals surface area (Å²) in [6.45, 7) is 4.48. The quantitative estimate of drug-likeness (QED) is 0.617. The van der Waals surface area contributed by atoms with Crippen LogP contribution in [0, 0.1) is 5.92 Å². The van der Waals surface area contributed by atoms with Gasteiger partial charge in [-0.3, -0.25) is 9.59 Å². The van der Waals surface area contributed by atoms with Crippen molar-refractivity contribution >= 4 is 11.9 Å². The average Bonchev–Trinajstić information content (AvgIpc) is 2.97. The highest BCUT2D eigenvalue weighted by Gasteiger charge is 2.30. The maximum atomic E-state index is 10.7. The molecule has 7 nitrogen and oxygen atoms in total. The zero-order valence-corrected chi connectivity index (χ0v) is 14.0. The fourth-order valence-corrected chi connectivity index (χ4v) is 2.28. The van der Waals surface area contributed by atoms with Crippen LogP contribution in [-0.2, 0) is 9.59 Å². The van der Waals surface area contributed by atoms with Gasteiger partial charge in [-0.05, 0) is 24.5 Å². The molecule has 0 unspecified atom stereocenters. The van der Waals surface area contributed by atoms with Crippen molar-refractivity contribution in [2.45, 2.75) is 44.9 Å². The molecular weight excluding hydrogens is 312 g/mol. The summed E-state index contributed by atoms with van der Waals surface area (Å²) in [5.41, 5.74) is 5.22. The predicted octanol–water partition coefficient (Wildman–Crippen LogP) is 1.32. The maximum Gasteiger partial charge on any atom is 0.320 e. The molecule has 1 fully saturated rings. The van der Waals surface area contributed by atoms with Crippen LogP contribution in [0.15, 0.2) is 30.3 Å². The van der Waals surface area contributed by atoms with E-state index < -0.39 is 24.0 Å². The van der Waals surface area contributed by atoms with Crippen molar-refractivity contribution < 1.29 is 24.5 Å². The number of hydrogen-bond acceptors (Lipinski definition) is 5. The molecule has 3 atom stereocenters. The summed E-state index contributed by atoms with van der Waals surface area (Å²) in [5, 5.41) is 20.0. The molecule has 7 heteroatoms. The van der Waals surface area contributed by atoms with Gasteiger partial charge in [0, 0.05) is 13.0 Å². The van der Waals surface area contributed by atoms with Gasteiger partial charge in [0.2, 0.25) is 0 Å². The summed E-state index contributed by atoms with van der Waals surface area (Å²) >= 11 is 0. The van der Waals surface area contributed by atoms with Crippen molar-refractivity contribution in [2.75, 3.05) is 6.54 Å². The number of aliphatic carboxylic acids is 2. The van der Waals surface area contributed by atoms with Crippen LogP contribution in [0.25, 0.3) is 0 Å². The van der Waals surface area contributed by atoms with Gasteiger partial charge >= 0.3 is 11.9 Å². The van der Waals surface area contributed by atoms with E-state index in [1.165, 1.54) is 0 Å². The van der Waals surface area contributed by atoms with Gasteiger partial charge in [-0.1, -0.05) is 32.0 Å². The van der Waals surface area contributed by atoms with Gasteiger partial charge < -0.3 is 26.0 Å². The number of nitrogens with two attached hydrogens (primary N) is 1. The molecule has 0 aliphatic carbocycles. The number of nitrogens with one attached hydrogen (secondary N) is 1. The lowest BCUT2D eigenvalue weighted by Crippen LogP contribution is -2.31. The van der Waals surface area contributed by atoms with Crippen LogP contribution in [0.3, 0.4) is 0 Å². The Balaban J connectivity index is 0.000000277. The van der Waals surface area contributed by atoms with Crippen molar-refractivity contribution in [3.05, 3.63) is 30.3 Å². The fourth-order valence-electron chi connectivity index (χ4n) is 2.28. The molecule has 0 aromatic heterocycles. The third-order valence-electron chi connectivity index (χ3n) is 3.48. The van der Waals surface area contributed by atoms with Crippen LogP contribution < -0.4 is 15.8 Å². The average molecular weight is 338 g/mol. The Labute approximate surface area is 141 Å². The summed E-state index contributed by atoms with van der Waals surface area (Å²) < 4.78 is 5.63. The molecule has 1 saturated heterocycles. The highest BCUT2D eigenvalue weighted by molar-refractivity contribution is 5.74. The van der Waals surface area contributed by atoms with Gasteiger partial charge in [-0.2, -0.15) is 0 Å². The predicted molar refractivity (Wildman–Crippen MR) is 90.0 cm³/mol. The third kappa shape index (κ3) is 7.43. The zero-order valence-electron chi connectivity index (χ0n) is 14.0. The van der Waals surface area contributed by atoms with E-state index in [9.17, 15) is 9.59 Å². The van der Waals surface area contributed by atoms with E-state index in [-0.39, 0.29) is 6.10 Å². The number of carboxylic acid groups (broad SMARTS) is 2. The van der Waals surface area contributed by atoms with Gasteiger partial charge in [0.1, 0.15) is 23.9 Å². The summed E-state index contributed by atoms with van der Waals surface area (Å²) in [5.74, 6) is -0.579. The van der Waals surface area contributed by atoms with Gasteiger partial charge in [0.25, 0.3) is 0 Å². The van der Waals surface area contributed by atoms with E-state index in [1.54, 1.807) is 0 Å². The van der Waals surface area contributed by atoms with Crippen molar-refractivity contribution in [3.8, 4) is 5.75 Å². The lowest BCUT2D eigenvalue weighted by molar-refractivity contribution is -0.140. The van der Waals surface area contributed by atoms with E-state index in [2.05, 4.69) is 5.32 Å². The Bertz CT molecular complexity index is 521. The molecule has 1 aromatic rings. The lowest BCUT2D eigenvalue weighted by atomic mass is 10.1. The normalized spacial score (nSPS) is 20.8. The number of para-hydroxylation sites is 1. The van der Waals surface area contributed by atoms with Crippen molar-refractivity contribution in [1.29, 1.82) is 0 Å². The minimum Gasteiger partial charge on any atom is -0.489 e. The van der Waals surface area contributed by atoms with Crippen molar-refractivity contribution in [3.63, 3.8) is 0 Å². The van der Waals surface area contributed by atoms with Crippen LogP contribution in [-0.4, -0.2) is 46.9 Å². The first-order chi connectivity index (χ1) is 11.3. The molecule has 1 aliphatic heterocycles. The Morgan fingerprint density at radius 3 is 2.33 bits per heavy atom. The monoisotopic (exact) mass is 338 g/mol. The van der Waals surface area contributed by atoms with Crippen molar-refractivity contribution in [2.24, 2.45) is 11.7 Å². The number of carboxylic acids is 2. The smallest absolute Gasteiger partial charge is 0.320 e. The van der Waals surface area contributed by atoms with Crippen LogP contribution in [0.1, 0.15) is 26.7 Å². The molecule has 0 radical (unpaired) electrons. The van der Waals surface area contributed by atoms with Crippen LogP contribution in [0.5, 0.6) is 5.75 Å². The second kappa shape index (κ2) is 9.89. The van der Waals surface area contributed by atoms with E-state index in [4.69, 9.17) is 20.7 Å². The van der Waals surface area contributed by atoms with E-state index in [1.807, 2.05) is 44.2 Å². The highest BCUT2D eigenvalue weighted by Crippen LogP contribution is 2.16. The first-order valence-corrected chi connectivity index (χ1v) is 7.95. The van der Waals surface area contributed by atoms with E-state index >= 15 is 0 Å². The van der Waals surface area contributed by atoms with Gasteiger partial charge in [0.15, 0.2) is 0 Å². The Kier molecular flexibility index (Phi) is 8.21. The summed E-state index contributed by atoms with van der Waals surface area (Å²) in [7, 11) is 0. The largest absolute Gasteiger partial charge is 0.489 e. The molecule has 0 spiro atoms. The minimum atomic E-state index is -0.913. The molecule has 5 N–H and O–H groups in total. The lowest BCUT2D eigenvalue weighted by Gasteiger charge is -2.11. The molecular formula is C17H26N2O5. The number of ether oxygens (including phenoxy) is 1. The second-order valence-corrected chi connectivity index (χ2v) is 6.16. The first-order valence-electron chi connectivity index (χ1n) is 7.95. The van der Waals surface area contributed by atoms with Gasteiger partial charge in [-0.15, -0.1) is 0 Å². The Hall–Kier alpha value is -2.12. The van der Waals surface area contributed by atoms with Crippen LogP contribution in [0.2, 0.25) is 0 Å². The SMILES string of the molecule is CC(C)C[C@H](N)C(=O)O.O=C(O)[C@@H]1C[C@@H](Oc2ccccc2)CN1. The first kappa shape index (κ1) is 19.9. The minimum absolute atomic E-state index is 0.0477. The maximum absolute atomic E-state index is 10.7. The number of rotatable bonds is 6. The van der Waals surface area contributed by atoms with Crippen LogP contribution in [0.4, 0.5) is 0 Å². The summed E-state index contributed by atoms with van der Waals surface area (Å²) in [6, 6.07) is 8.28. The van der Waals surface area contributed by atoms with Crippen LogP contribution >= 0.6 is 0 Å². The second-order valence-electron chi connectivity index (χ2n) is 6.16. The number of benzene rings is 1. The molecule has 1 aliphatic rings. The number of hydrogen-bond donors (Lipinski definition) is 4. The van der Waals surface area contributed by atoms with E-state index in [0.29, 0.717) is 25.3 Å². The van der Waals surface area contributed by atoms with E-state index in [0.717, 1.165) is 5.75 Å².